The summed E-state index contributed by atoms with van der Waals surface area (Å²) in [6.45, 7) is 2.08. The topological polar surface area (TPSA) is 67.6 Å². The van der Waals surface area contributed by atoms with Crippen molar-refractivity contribution in [2.45, 2.75) is 6.92 Å². The predicted octanol–water partition coefficient (Wildman–Crippen LogP) is 3.09. The molecular weight excluding hydrogens is 244 g/mol. The molecule has 0 atom stereocenters. The number of H-pyrrole nitrogens is 1. The highest BCUT2D eigenvalue weighted by Gasteiger charge is 2.15. The third-order valence-corrected chi connectivity index (χ3v) is 3.77. The number of aromatic nitrogens is 3. The van der Waals surface area contributed by atoms with Crippen LogP contribution in [0.4, 0.5) is 5.82 Å². The van der Waals surface area contributed by atoms with Gasteiger partial charge in [0.1, 0.15) is 0 Å². The van der Waals surface area contributed by atoms with E-state index in [2.05, 4.69) is 34.2 Å². The minimum Gasteiger partial charge on any atom is -0.382 e. The van der Waals surface area contributed by atoms with Gasteiger partial charge in [-0.05, 0) is 36.8 Å². The van der Waals surface area contributed by atoms with Crippen LogP contribution in [0.25, 0.3) is 21.7 Å². The summed E-state index contributed by atoms with van der Waals surface area (Å²) in [4.78, 5) is 6.43. The highest BCUT2D eigenvalue weighted by Crippen LogP contribution is 2.37. The summed E-state index contributed by atoms with van der Waals surface area (Å²) in [5.74, 6) is 0.516. The first-order valence-electron chi connectivity index (χ1n) is 5.57. The first-order chi connectivity index (χ1) is 8.75. The van der Waals surface area contributed by atoms with Crippen molar-refractivity contribution in [2.24, 2.45) is 0 Å². The van der Waals surface area contributed by atoms with Crippen molar-refractivity contribution in [3.05, 3.63) is 41.5 Å². The quantitative estimate of drug-likeness (QED) is 0.740. The van der Waals surface area contributed by atoms with Crippen molar-refractivity contribution in [3.8, 4) is 21.7 Å². The van der Waals surface area contributed by atoms with E-state index in [9.17, 15) is 0 Å². The van der Waals surface area contributed by atoms with Crippen molar-refractivity contribution in [1.82, 2.24) is 15.2 Å². The van der Waals surface area contributed by atoms with Crippen LogP contribution in [0, 0.1) is 6.92 Å². The molecule has 3 rings (SSSR count). The second-order valence-electron chi connectivity index (χ2n) is 4.01. The van der Waals surface area contributed by atoms with Crippen molar-refractivity contribution in [2.75, 3.05) is 5.73 Å². The molecule has 0 aromatic carbocycles. The highest BCUT2D eigenvalue weighted by atomic mass is 32.1. The fourth-order valence-corrected chi connectivity index (χ4v) is 2.78. The zero-order valence-electron chi connectivity index (χ0n) is 9.84. The Morgan fingerprint density at radius 2 is 1.94 bits per heavy atom. The first-order valence-corrected chi connectivity index (χ1v) is 6.38. The number of nitrogens with two attached hydrogens (primary N) is 1. The second kappa shape index (κ2) is 4.27. The van der Waals surface area contributed by atoms with Gasteiger partial charge in [0, 0.05) is 17.3 Å². The third-order valence-electron chi connectivity index (χ3n) is 2.75. The van der Waals surface area contributed by atoms with Gasteiger partial charge in [-0.1, -0.05) is 0 Å². The molecule has 0 radical (unpaired) electrons. The molecule has 0 amide bonds. The van der Waals surface area contributed by atoms with Crippen LogP contribution in [-0.4, -0.2) is 15.2 Å². The monoisotopic (exact) mass is 256 g/mol. The molecule has 3 N–H and O–H groups in total. The van der Waals surface area contributed by atoms with Gasteiger partial charge in [-0.3, -0.25) is 10.1 Å². The summed E-state index contributed by atoms with van der Waals surface area (Å²) in [6, 6.07) is 8.04. The Kier molecular flexibility index (Phi) is 2.60. The minimum absolute atomic E-state index is 0.516. The molecule has 0 saturated heterocycles. The number of pyridine rings is 1. The molecule has 0 saturated carbocycles. The van der Waals surface area contributed by atoms with Gasteiger partial charge in [-0.25, -0.2) is 0 Å². The average molecular weight is 256 g/mol. The van der Waals surface area contributed by atoms with Crippen molar-refractivity contribution in [1.29, 1.82) is 0 Å². The Morgan fingerprint density at radius 1 is 1.17 bits per heavy atom. The fraction of sp³-hybridized carbons (Fsp3) is 0.0769. The lowest BCUT2D eigenvalue weighted by Crippen LogP contribution is -1.88. The molecule has 0 aliphatic carbocycles. The van der Waals surface area contributed by atoms with Crippen LogP contribution in [-0.2, 0) is 0 Å². The lowest BCUT2D eigenvalue weighted by atomic mass is 10.1. The van der Waals surface area contributed by atoms with Gasteiger partial charge < -0.3 is 5.73 Å². The zero-order chi connectivity index (χ0) is 12.5. The maximum atomic E-state index is 5.96. The molecule has 18 heavy (non-hydrogen) atoms. The molecule has 0 fully saturated rings. The molecule has 0 aliphatic heterocycles. The normalized spacial score (nSPS) is 10.7. The number of aryl methyl sites for hydroxylation is 1. The van der Waals surface area contributed by atoms with Gasteiger partial charge >= 0.3 is 0 Å². The van der Waals surface area contributed by atoms with E-state index in [1.54, 1.807) is 23.7 Å². The molecule has 3 aromatic rings. The van der Waals surface area contributed by atoms with Crippen LogP contribution in [0.5, 0.6) is 0 Å². The highest BCUT2D eigenvalue weighted by molar-refractivity contribution is 7.15. The number of nitrogen functional groups attached to an aromatic ring is 1. The first kappa shape index (κ1) is 11.0. The fourth-order valence-electron chi connectivity index (χ4n) is 1.91. The van der Waals surface area contributed by atoms with E-state index in [4.69, 9.17) is 5.73 Å². The van der Waals surface area contributed by atoms with Gasteiger partial charge in [0.05, 0.1) is 16.1 Å². The molecular formula is C13H12N4S. The second-order valence-corrected chi connectivity index (χ2v) is 5.29. The number of hydrogen-bond acceptors (Lipinski definition) is 4. The number of nitrogens with one attached hydrogen (secondary N) is 1. The van der Waals surface area contributed by atoms with Crippen LogP contribution in [0.1, 0.15) is 4.88 Å². The van der Waals surface area contributed by atoms with Gasteiger partial charge in [-0.15, -0.1) is 11.3 Å². The summed E-state index contributed by atoms with van der Waals surface area (Å²) in [5, 5.41) is 7.13. The molecule has 0 aliphatic rings. The standard InChI is InChI=1S/C13H12N4S/c1-8-2-3-10(18-8)12-11(13(14)17-16-12)9-4-6-15-7-5-9/h2-7H,1H3,(H3,14,16,17). The maximum Gasteiger partial charge on any atom is 0.153 e. The number of nitrogens with zero attached hydrogens (tertiary/aromatic N) is 2. The Morgan fingerprint density at radius 3 is 2.61 bits per heavy atom. The molecule has 3 aromatic heterocycles. The zero-order valence-corrected chi connectivity index (χ0v) is 10.7. The summed E-state index contributed by atoms with van der Waals surface area (Å²) < 4.78 is 0. The predicted molar refractivity (Wildman–Crippen MR) is 74.3 cm³/mol. The summed E-state index contributed by atoms with van der Waals surface area (Å²) in [6.07, 6.45) is 3.51. The van der Waals surface area contributed by atoms with E-state index in [-0.39, 0.29) is 0 Å². The summed E-state index contributed by atoms with van der Waals surface area (Å²) in [5.41, 5.74) is 8.90. The lowest BCUT2D eigenvalue weighted by Gasteiger charge is -2.02. The Balaban J connectivity index is 2.18. The van der Waals surface area contributed by atoms with E-state index in [1.807, 2.05) is 12.1 Å². The minimum atomic E-state index is 0.516. The number of aromatic amines is 1. The molecule has 0 unspecified atom stereocenters. The van der Waals surface area contributed by atoms with Gasteiger partial charge in [0.2, 0.25) is 0 Å². The van der Waals surface area contributed by atoms with Crippen LogP contribution in [0.2, 0.25) is 0 Å². The maximum absolute atomic E-state index is 5.96. The SMILES string of the molecule is Cc1ccc(-c2[nH]nc(N)c2-c2ccncc2)s1. The smallest absolute Gasteiger partial charge is 0.153 e. The van der Waals surface area contributed by atoms with Gasteiger partial charge in [-0.2, -0.15) is 5.10 Å². The number of anilines is 1. The number of hydrogen-bond donors (Lipinski definition) is 2. The van der Waals surface area contributed by atoms with E-state index < -0.39 is 0 Å². The van der Waals surface area contributed by atoms with Crippen LogP contribution >= 0.6 is 11.3 Å². The van der Waals surface area contributed by atoms with Crippen molar-refractivity contribution >= 4 is 17.2 Å². The molecule has 4 nitrogen and oxygen atoms in total. The Bertz CT molecular complexity index is 669. The van der Waals surface area contributed by atoms with E-state index in [0.717, 1.165) is 21.7 Å². The van der Waals surface area contributed by atoms with E-state index in [1.165, 1.54) is 4.88 Å². The Labute approximate surface area is 109 Å². The third kappa shape index (κ3) is 1.78. The molecule has 0 bridgehead atoms. The van der Waals surface area contributed by atoms with Crippen LogP contribution in [0.15, 0.2) is 36.7 Å². The van der Waals surface area contributed by atoms with Crippen molar-refractivity contribution in [3.63, 3.8) is 0 Å². The largest absolute Gasteiger partial charge is 0.382 e. The van der Waals surface area contributed by atoms with Gasteiger partial charge in [0.25, 0.3) is 0 Å². The van der Waals surface area contributed by atoms with E-state index in [0.29, 0.717) is 5.82 Å². The summed E-state index contributed by atoms with van der Waals surface area (Å²) in [7, 11) is 0. The van der Waals surface area contributed by atoms with E-state index >= 15 is 0 Å². The van der Waals surface area contributed by atoms with Crippen molar-refractivity contribution < 1.29 is 0 Å². The molecule has 3 heterocycles. The molecule has 90 valence electrons. The summed E-state index contributed by atoms with van der Waals surface area (Å²) >= 11 is 1.72. The molecule has 5 heteroatoms. The van der Waals surface area contributed by atoms with Crippen LogP contribution in [0.3, 0.4) is 0 Å². The number of rotatable bonds is 2. The van der Waals surface area contributed by atoms with Crippen LogP contribution < -0.4 is 5.73 Å². The average Bonchev–Trinajstić information content (AvgIpc) is 2.96. The molecule has 0 spiro atoms. The Hall–Kier alpha value is -2.14. The van der Waals surface area contributed by atoms with Gasteiger partial charge in [0.15, 0.2) is 5.82 Å². The number of thiophene rings is 1. The lowest BCUT2D eigenvalue weighted by molar-refractivity contribution is 1.11.